The number of carbonyl (C=O) groups excluding carboxylic acids is 3. The predicted molar refractivity (Wildman–Crippen MR) is 161 cm³/mol. The summed E-state index contributed by atoms with van der Waals surface area (Å²) >= 11 is 0. The quantitative estimate of drug-likeness (QED) is 0.168. The van der Waals surface area contributed by atoms with Crippen LogP contribution in [0.3, 0.4) is 0 Å². The Labute approximate surface area is 237 Å². The van der Waals surface area contributed by atoms with E-state index in [1.54, 1.807) is 72.8 Å². The van der Waals surface area contributed by atoms with Crippen molar-refractivity contribution in [2.45, 2.75) is 13.5 Å². The van der Waals surface area contributed by atoms with E-state index in [1.165, 1.54) is 6.08 Å². The van der Waals surface area contributed by atoms with Crippen molar-refractivity contribution < 1.29 is 19.1 Å². The summed E-state index contributed by atoms with van der Waals surface area (Å²) < 4.78 is 6.31. The zero-order valence-electron chi connectivity index (χ0n) is 22.4. The van der Waals surface area contributed by atoms with Gasteiger partial charge in [-0.1, -0.05) is 91.0 Å². The van der Waals surface area contributed by atoms with Gasteiger partial charge in [0.25, 0.3) is 11.8 Å². The number of rotatable bonds is 6. The number of hydrogen-bond donors (Lipinski definition) is 0. The van der Waals surface area contributed by atoms with Gasteiger partial charge in [0.2, 0.25) is 0 Å². The number of fused-ring (bicyclic) bond motifs is 1. The van der Waals surface area contributed by atoms with E-state index in [-0.39, 0.29) is 5.57 Å². The lowest BCUT2D eigenvalue weighted by molar-refractivity contribution is -0.121. The molecule has 1 fully saturated rings. The molecule has 6 nitrogen and oxygen atoms in total. The smallest absolute Gasteiger partial charge is 0.343 e. The predicted octanol–water partition coefficient (Wildman–Crippen LogP) is 7.31. The number of ether oxygens (including phenoxy) is 1. The van der Waals surface area contributed by atoms with Crippen molar-refractivity contribution in [3.8, 4) is 5.75 Å². The summed E-state index contributed by atoms with van der Waals surface area (Å²) in [7, 11) is 0. The fraction of sp³-hybridized carbons (Fsp3) is 0.0571. The van der Waals surface area contributed by atoms with Crippen molar-refractivity contribution in [2.24, 2.45) is 0 Å². The maximum atomic E-state index is 13.8. The van der Waals surface area contributed by atoms with Crippen LogP contribution in [0.2, 0.25) is 0 Å². The average molecular weight is 539 g/mol. The van der Waals surface area contributed by atoms with E-state index in [0.717, 1.165) is 31.7 Å². The Morgan fingerprint density at radius 3 is 1.85 bits per heavy atom. The Morgan fingerprint density at radius 2 is 1.20 bits per heavy atom. The third-order valence-electron chi connectivity index (χ3n) is 7.14. The number of anilines is 2. The van der Waals surface area contributed by atoms with E-state index in [2.05, 4.69) is 24.3 Å². The van der Waals surface area contributed by atoms with Gasteiger partial charge in [0.1, 0.15) is 17.9 Å². The van der Waals surface area contributed by atoms with Crippen molar-refractivity contribution in [2.75, 3.05) is 9.80 Å². The fourth-order valence-electron chi connectivity index (χ4n) is 5.01. The number of carbonyl (C=O) groups is 3. The van der Waals surface area contributed by atoms with Gasteiger partial charge in [0.15, 0.2) is 0 Å². The van der Waals surface area contributed by atoms with E-state index < -0.39 is 17.8 Å². The maximum absolute atomic E-state index is 13.8. The van der Waals surface area contributed by atoms with Crippen molar-refractivity contribution >= 4 is 46.1 Å². The summed E-state index contributed by atoms with van der Waals surface area (Å²) in [5, 5.41) is 2.23. The Balaban J connectivity index is 1.40. The Bertz CT molecular complexity index is 1750. The molecule has 1 aliphatic heterocycles. The topological polar surface area (TPSA) is 66.9 Å². The minimum absolute atomic E-state index is 0.144. The molecule has 200 valence electrons. The third kappa shape index (κ3) is 4.87. The first kappa shape index (κ1) is 25.8. The van der Waals surface area contributed by atoms with Crippen LogP contribution in [0.4, 0.5) is 16.2 Å². The number of benzene rings is 5. The highest BCUT2D eigenvalue weighted by Gasteiger charge is 2.43. The second-order valence-corrected chi connectivity index (χ2v) is 9.70. The zero-order valence-corrected chi connectivity index (χ0v) is 22.4. The summed E-state index contributed by atoms with van der Waals surface area (Å²) in [6, 6.07) is 36.0. The summed E-state index contributed by atoms with van der Waals surface area (Å²) in [5.74, 6) is -0.876. The molecule has 0 aromatic heterocycles. The molecule has 1 saturated heterocycles. The van der Waals surface area contributed by atoms with Gasteiger partial charge in [0.05, 0.1) is 11.4 Å². The molecular weight excluding hydrogens is 512 g/mol. The molecule has 0 N–H and O–H groups in total. The number of nitrogens with zero attached hydrogens (tertiary/aromatic N) is 2. The second kappa shape index (κ2) is 10.9. The standard InChI is InChI=1S/C35H26N2O4/c1-24-20-21-25-12-8-10-18-29(25)31(24)23-41-32-19-11-9-13-26(32)22-30-33(38)36(27-14-4-2-5-15-27)35(40)37(34(30)39)28-16-6-3-7-17-28/h2-22H,23H2,1H3. The van der Waals surface area contributed by atoms with Crippen LogP contribution < -0.4 is 14.5 Å². The number of amides is 4. The zero-order chi connectivity index (χ0) is 28.3. The van der Waals surface area contributed by atoms with Crippen molar-refractivity contribution in [3.63, 3.8) is 0 Å². The molecule has 0 aliphatic carbocycles. The number of para-hydroxylation sites is 3. The van der Waals surface area contributed by atoms with Gasteiger partial charge in [0, 0.05) is 11.1 Å². The van der Waals surface area contributed by atoms with Gasteiger partial charge in [-0.15, -0.1) is 0 Å². The first-order chi connectivity index (χ1) is 20.0. The van der Waals surface area contributed by atoms with Gasteiger partial charge in [-0.25, -0.2) is 14.6 Å². The molecule has 5 aromatic carbocycles. The van der Waals surface area contributed by atoms with E-state index in [4.69, 9.17) is 4.74 Å². The van der Waals surface area contributed by atoms with Crippen LogP contribution in [0.25, 0.3) is 16.8 Å². The molecule has 1 heterocycles. The van der Waals surface area contributed by atoms with E-state index in [1.807, 2.05) is 31.2 Å². The van der Waals surface area contributed by atoms with Gasteiger partial charge < -0.3 is 4.74 Å². The highest BCUT2D eigenvalue weighted by molar-refractivity contribution is 6.46. The molecule has 0 atom stereocenters. The minimum atomic E-state index is -0.731. The molecular formula is C35H26N2O4. The third-order valence-corrected chi connectivity index (χ3v) is 7.14. The molecule has 4 amide bonds. The summed E-state index contributed by atoms with van der Waals surface area (Å²) in [6.07, 6.45) is 1.51. The van der Waals surface area contributed by atoms with E-state index >= 15 is 0 Å². The van der Waals surface area contributed by atoms with Crippen LogP contribution in [0.1, 0.15) is 16.7 Å². The highest BCUT2D eigenvalue weighted by Crippen LogP contribution is 2.32. The van der Waals surface area contributed by atoms with Crippen molar-refractivity contribution in [3.05, 3.63) is 144 Å². The Hall–Kier alpha value is -5.49. The Kier molecular flexibility index (Phi) is 6.88. The maximum Gasteiger partial charge on any atom is 0.343 e. The lowest BCUT2D eigenvalue weighted by Gasteiger charge is -2.34. The molecule has 0 spiro atoms. The lowest BCUT2D eigenvalue weighted by Crippen LogP contribution is -2.57. The molecule has 5 aromatic rings. The fourth-order valence-corrected chi connectivity index (χ4v) is 5.01. The first-order valence-corrected chi connectivity index (χ1v) is 13.3. The van der Waals surface area contributed by atoms with Crippen LogP contribution in [-0.4, -0.2) is 17.8 Å². The molecule has 0 bridgehead atoms. The van der Waals surface area contributed by atoms with Gasteiger partial charge >= 0.3 is 6.03 Å². The highest BCUT2D eigenvalue weighted by atomic mass is 16.5. The van der Waals surface area contributed by atoms with E-state index in [0.29, 0.717) is 29.3 Å². The molecule has 1 aliphatic rings. The van der Waals surface area contributed by atoms with Crippen LogP contribution in [0, 0.1) is 6.92 Å². The number of imide groups is 2. The SMILES string of the molecule is Cc1ccc2ccccc2c1COc1ccccc1C=C1C(=O)N(c2ccccc2)C(=O)N(c2ccccc2)C1=O. The van der Waals surface area contributed by atoms with Crippen LogP contribution >= 0.6 is 0 Å². The Morgan fingerprint density at radius 1 is 0.634 bits per heavy atom. The second-order valence-electron chi connectivity index (χ2n) is 9.70. The monoisotopic (exact) mass is 538 g/mol. The van der Waals surface area contributed by atoms with Crippen molar-refractivity contribution in [1.29, 1.82) is 0 Å². The van der Waals surface area contributed by atoms with Crippen LogP contribution in [-0.2, 0) is 16.2 Å². The van der Waals surface area contributed by atoms with Gasteiger partial charge in [-0.05, 0) is 59.7 Å². The molecule has 41 heavy (non-hydrogen) atoms. The van der Waals surface area contributed by atoms with Crippen LogP contribution in [0.5, 0.6) is 5.75 Å². The molecule has 0 saturated carbocycles. The molecule has 6 rings (SSSR count). The number of urea groups is 1. The summed E-state index contributed by atoms with van der Waals surface area (Å²) in [6.45, 7) is 2.35. The van der Waals surface area contributed by atoms with Crippen molar-refractivity contribution in [1.82, 2.24) is 0 Å². The van der Waals surface area contributed by atoms with E-state index in [9.17, 15) is 14.4 Å². The number of aryl methyl sites for hydroxylation is 1. The van der Waals surface area contributed by atoms with Gasteiger partial charge in [-0.2, -0.15) is 0 Å². The number of barbiturate groups is 1. The molecule has 0 radical (unpaired) electrons. The summed E-state index contributed by atoms with van der Waals surface area (Å²) in [5.41, 5.74) is 3.32. The van der Waals surface area contributed by atoms with Gasteiger partial charge in [-0.3, -0.25) is 9.59 Å². The minimum Gasteiger partial charge on any atom is -0.488 e. The van der Waals surface area contributed by atoms with Crippen LogP contribution in [0.15, 0.2) is 127 Å². The average Bonchev–Trinajstić information content (AvgIpc) is 3.00. The molecule has 0 unspecified atom stereocenters. The number of hydrogen-bond acceptors (Lipinski definition) is 4. The lowest BCUT2D eigenvalue weighted by atomic mass is 10.0. The molecule has 6 heteroatoms. The largest absolute Gasteiger partial charge is 0.488 e. The normalized spacial score (nSPS) is 13.6. The summed E-state index contributed by atoms with van der Waals surface area (Å²) in [4.78, 5) is 43.1. The first-order valence-electron chi connectivity index (χ1n) is 13.3.